The summed E-state index contributed by atoms with van der Waals surface area (Å²) in [6.45, 7) is -0.353. The van der Waals surface area contributed by atoms with E-state index >= 15 is 0 Å². The molecule has 0 radical (unpaired) electrons. The predicted octanol–water partition coefficient (Wildman–Crippen LogP) is 1.24. The quantitative estimate of drug-likeness (QED) is 0.737. The number of amides is 1. The van der Waals surface area contributed by atoms with Gasteiger partial charge in [0.1, 0.15) is 11.4 Å². The van der Waals surface area contributed by atoms with Crippen LogP contribution in [0.15, 0.2) is 18.3 Å². The average molecular weight is 359 g/mol. The van der Waals surface area contributed by atoms with Crippen molar-refractivity contribution < 1.29 is 27.8 Å². The van der Waals surface area contributed by atoms with E-state index in [4.69, 9.17) is 4.74 Å². The molecule has 6 nitrogen and oxygen atoms in total. The predicted molar refractivity (Wildman–Crippen MR) is 81.9 cm³/mol. The van der Waals surface area contributed by atoms with Crippen LogP contribution in [0.5, 0.6) is 5.75 Å². The molecule has 2 fully saturated rings. The van der Waals surface area contributed by atoms with Gasteiger partial charge in [-0.1, -0.05) is 0 Å². The topological polar surface area (TPSA) is 83.5 Å². The Labute approximate surface area is 142 Å². The number of fused-ring (bicyclic) bond motifs is 2. The number of halogens is 3. The van der Waals surface area contributed by atoms with E-state index in [1.807, 2.05) is 7.05 Å². The minimum atomic E-state index is -4.52. The Hall–Kier alpha value is -1.87. The van der Waals surface area contributed by atoms with Gasteiger partial charge in [0.05, 0.1) is 17.8 Å². The van der Waals surface area contributed by atoms with Crippen molar-refractivity contribution in [3.63, 3.8) is 0 Å². The van der Waals surface area contributed by atoms with Crippen LogP contribution >= 0.6 is 0 Å². The third-order valence-electron chi connectivity index (χ3n) is 5.24. The van der Waals surface area contributed by atoms with E-state index in [0.29, 0.717) is 19.3 Å². The first-order chi connectivity index (χ1) is 11.7. The molecule has 2 aliphatic carbocycles. The van der Waals surface area contributed by atoms with E-state index in [1.165, 1.54) is 0 Å². The van der Waals surface area contributed by atoms with E-state index in [9.17, 15) is 23.1 Å². The van der Waals surface area contributed by atoms with Crippen molar-refractivity contribution in [1.29, 1.82) is 0 Å². The van der Waals surface area contributed by atoms with Gasteiger partial charge in [-0.05, 0) is 44.9 Å². The molecule has 138 valence electrons. The van der Waals surface area contributed by atoms with Gasteiger partial charge in [0.2, 0.25) is 0 Å². The molecule has 1 heterocycles. The molecule has 0 aliphatic heterocycles. The summed E-state index contributed by atoms with van der Waals surface area (Å²) in [6.07, 6.45) is -1.47. The number of alkyl halides is 3. The molecule has 0 aromatic carbocycles. The Morgan fingerprint density at radius 1 is 1.44 bits per heavy atom. The normalized spacial score (nSPS) is 31.2. The number of carbonyl (C=O) groups excluding carboxylic acids is 1. The van der Waals surface area contributed by atoms with Crippen LogP contribution in [-0.2, 0) is 11.0 Å². The molecule has 1 amide bonds. The van der Waals surface area contributed by atoms with Crippen molar-refractivity contribution in [2.24, 2.45) is 0 Å². The number of rotatable bonds is 5. The van der Waals surface area contributed by atoms with Crippen molar-refractivity contribution in [1.82, 2.24) is 15.6 Å². The van der Waals surface area contributed by atoms with Crippen LogP contribution in [0, 0.1) is 0 Å². The maximum absolute atomic E-state index is 12.4. The number of aromatic nitrogens is 1. The van der Waals surface area contributed by atoms with Gasteiger partial charge in [-0.2, -0.15) is 13.2 Å². The number of ether oxygens (including phenoxy) is 1. The van der Waals surface area contributed by atoms with Gasteiger partial charge in [-0.15, -0.1) is 0 Å². The fraction of sp³-hybridized carbons (Fsp3) is 0.625. The average Bonchev–Trinajstić information content (AvgIpc) is 3.05. The van der Waals surface area contributed by atoms with Gasteiger partial charge in [0.15, 0.2) is 6.61 Å². The van der Waals surface area contributed by atoms with E-state index in [2.05, 4.69) is 15.6 Å². The first-order valence-corrected chi connectivity index (χ1v) is 8.02. The lowest BCUT2D eigenvalue weighted by atomic mass is 9.88. The van der Waals surface area contributed by atoms with E-state index in [0.717, 1.165) is 24.8 Å². The van der Waals surface area contributed by atoms with Gasteiger partial charge >= 0.3 is 6.18 Å². The van der Waals surface area contributed by atoms with Crippen LogP contribution in [0.2, 0.25) is 0 Å². The fourth-order valence-corrected chi connectivity index (χ4v) is 3.87. The number of nitrogens with zero attached hydrogens (tertiary/aromatic N) is 1. The number of aliphatic hydroxyl groups excluding tert-OH is 1. The number of nitrogens with one attached hydrogen (secondary N) is 2. The smallest absolute Gasteiger partial charge is 0.433 e. The lowest BCUT2D eigenvalue weighted by molar-refractivity contribution is -0.141. The molecule has 2 aliphatic rings. The molecule has 1 aromatic rings. The van der Waals surface area contributed by atoms with Crippen LogP contribution < -0.4 is 15.4 Å². The second-order valence-corrected chi connectivity index (χ2v) is 6.80. The summed E-state index contributed by atoms with van der Waals surface area (Å²) in [5.41, 5.74) is -1.83. The van der Waals surface area contributed by atoms with Crippen LogP contribution in [0.1, 0.15) is 31.4 Å². The summed E-state index contributed by atoms with van der Waals surface area (Å²) in [7, 11) is 1.84. The highest BCUT2D eigenvalue weighted by Crippen LogP contribution is 2.50. The Morgan fingerprint density at radius 3 is 2.72 bits per heavy atom. The van der Waals surface area contributed by atoms with Crippen molar-refractivity contribution >= 4 is 5.91 Å². The van der Waals surface area contributed by atoms with Gasteiger partial charge in [-0.25, -0.2) is 4.98 Å². The minimum absolute atomic E-state index is 0.0728. The van der Waals surface area contributed by atoms with E-state index < -0.39 is 29.4 Å². The molecule has 0 saturated heterocycles. The van der Waals surface area contributed by atoms with Crippen molar-refractivity contribution in [3.05, 3.63) is 24.0 Å². The van der Waals surface area contributed by atoms with Crippen LogP contribution in [0.25, 0.3) is 0 Å². The molecule has 0 spiro atoms. The summed E-state index contributed by atoms with van der Waals surface area (Å²) < 4.78 is 42.5. The Morgan fingerprint density at radius 2 is 2.20 bits per heavy atom. The van der Waals surface area contributed by atoms with Gasteiger partial charge in [-0.3, -0.25) is 4.79 Å². The minimum Gasteiger partial charge on any atom is -0.482 e. The highest BCUT2D eigenvalue weighted by molar-refractivity contribution is 5.78. The Balaban J connectivity index is 1.55. The highest BCUT2D eigenvalue weighted by Gasteiger charge is 2.59. The largest absolute Gasteiger partial charge is 0.482 e. The maximum Gasteiger partial charge on any atom is 0.433 e. The highest BCUT2D eigenvalue weighted by atomic mass is 19.4. The van der Waals surface area contributed by atoms with Crippen LogP contribution in [0.4, 0.5) is 13.2 Å². The van der Waals surface area contributed by atoms with Crippen LogP contribution in [0.3, 0.4) is 0 Å². The first-order valence-electron chi connectivity index (χ1n) is 8.02. The van der Waals surface area contributed by atoms with Gasteiger partial charge < -0.3 is 20.5 Å². The molecule has 2 bridgehead atoms. The maximum atomic E-state index is 12.4. The SMILES string of the molecule is CNC12CCC(NC(=O)COc3ccc(C(F)(F)F)nc3)(C1)C(O)C2. The van der Waals surface area contributed by atoms with Crippen molar-refractivity contribution in [2.45, 2.75) is 49.0 Å². The molecule has 3 N–H and O–H groups in total. The third kappa shape index (κ3) is 3.43. The summed E-state index contributed by atoms with van der Waals surface area (Å²) in [5.74, 6) is -0.351. The second-order valence-electron chi connectivity index (χ2n) is 6.80. The number of aliphatic hydroxyl groups is 1. The number of hydrogen-bond donors (Lipinski definition) is 3. The standard InChI is InChI=1S/C16H20F3N3O3/c1-20-14-4-5-15(9-14,12(23)6-14)22-13(24)8-25-10-2-3-11(21-7-10)16(17,18)19/h2-3,7,12,20,23H,4-6,8-9H2,1H3,(H,22,24). The number of carbonyl (C=O) groups is 1. The number of pyridine rings is 1. The van der Waals surface area contributed by atoms with E-state index in [-0.39, 0.29) is 17.9 Å². The third-order valence-corrected chi connectivity index (χ3v) is 5.24. The Kier molecular flexibility index (Phi) is 4.40. The monoisotopic (exact) mass is 359 g/mol. The zero-order chi connectivity index (χ0) is 18.3. The molecule has 2 saturated carbocycles. The summed E-state index contributed by atoms with van der Waals surface area (Å²) in [4.78, 5) is 15.4. The molecule has 3 atom stereocenters. The van der Waals surface area contributed by atoms with E-state index in [1.54, 1.807) is 0 Å². The summed E-state index contributed by atoms with van der Waals surface area (Å²) in [6, 6.07) is 1.91. The fourth-order valence-electron chi connectivity index (χ4n) is 3.87. The van der Waals surface area contributed by atoms with Gasteiger partial charge in [0, 0.05) is 5.54 Å². The van der Waals surface area contributed by atoms with Crippen LogP contribution in [-0.4, -0.2) is 46.8 Å². The molecular weight excluding hydrogens is 339 g/mol. The zero-order valence-corrected chi connectivity index (χ0v) is 13.7. The molecule has 3 unspecified atom stereocenters. The summed E-state index contributed by atoms with van der Waals surface area (Å²) in [5, 5.41) is 16.4. The first kappa shape index (κ1) is 17.9. The lowest BCUT2D eigenvalue weighted by Gasteiger charge is -2.33. The second kappa shape index (κ2) is 6.14. The molecule has 25 heavy (non-hydrogen) atoms. The molecule has 3 rings (SSSR count). The lowest BCUT2D eigenvalue weighted by Crippen LogP contribution is -2.54. The molecule has 1 aromatic heterocycles. The van der Waals surface area contributed by atoms with Crippen molar-refractivity contribution in [2.75, 3.05) is 13.7 Å². The molecular formula is C16H20F3N3O3. The zero-order valence-electron chi connectivity index (χ0n) is 13.7. The van der Waals surface area contributed by atoms with Gasteiger partial charge in [0.25, 0.3) is 5.91 Å². The molecule has 9 heteroatoms. The van der Waals surface area contributed by atoms with Crippen molar-refractivity contribution in [3.8, 4) is 5.75 Å². The Bertz CT molecular complexity index is 652. The number of hydrogen-bond acceptors (Lipinski definition) is 5. The summed E-state index contributed by atoms with van der Waals surface area (Å²) >= 11 is 0.